The SMILES string of the molecule is CCOC(=O)C[C@H](C(=O)OCC)[C@H](NC(=O)C[C@@H](O)CNC(=O)OCc1ccccc1)C(=O)O. The van der Waals surface area contributed by atoms with Gasteiger partial charge in [-0.15, -0.1) is 0 Å². The molecule has 0 saturated carbocycles. The predicted molar refractivity (Wildman–Crippen MR) is 116 cm³/mol. The van der Waals surface area contributed by atoms with Gasteiger partial charge in [0.15, 0.2) is 0 Å². The summed E-state index contributed by atoms with van der Waals surface area (Å²) < 4.78 is 14.6. The highest BCUT2D eigenvalue weighted by molar-refractivity contribution is 5.90. The highest BCUT2D eigenvalue weighted by Gasteiger charge is 2.38. The number of benzene rings is 1. The van der Waals surface area contributed by atoms with Crippen LogP contribution in [-0.4, -0.2) is 72.0 Å². The Bertz CT molecular complexity index is 830. The molecule has 0 aliphatic carbocycles. The number of hydrogen-bond donors (Lipinski definition) is 4. The van der Waals surface area contributed by atoms with Crippen LogP contribution in [0.4, 0.5) is 4.79 Å². The minimum Gasteiger partial charge on any atom is -0.480 e. The summed E-state index contributed by atoms with van der Waals surface area (Å²) in [6, 6.07) is 7.09. The Hall–Kier alpha value is -3.67. The van der Waals surface area contributed by atoms with E-state index in [2.05, 4.69) is 10.6 Å². The molecule has 0 bridgehead atoms. The summed E-state index contributed by atoms with van der Waals surface area (Å²) >= 11 is 0. The van der Waals surface area contributed by atoms with Gasteiger partial charge in [0.25, 0.3) is 0 Å². The van der Waals surface area contributed by atoms with Gasteiger partial charge in [-0.05, 0) is 19.4 Å². The van der Waals surface area contributed by atoms with Crippen molar-refractivity contribution in [3.8, 4) is 0 Å². The summed E-state index contributed by atoms with van der Waals surface area (Å²) in [5.41, 5.74) is 0.760. The molecule has 0 aliphatic rings. The Labute approximate surface area is 196 Å². The smallest absolute Gasteiger partial charge is 0.407 e. The summed E-state index contributed by atoms with van der Waals surface area (Å²) in [5, 5.41) is 23.9. The molecule has 1 aromatic rings. The summed E-state index contributed by atoms with van der Waals surface area (Å²) in [7, 11) is 0. The third-order valence-corrected chi connectivity index (χ3v) is 4.38. The van der Waals surface area contributed by atoms with Gasteiger partial charge in [-0.2, -0.15) is 0 Å². The topological polar surface area (TPSA) is 178 Å². The van der Waals surface area contributed by atoms with Crippen LogP contribution in [0.2, 0.25) is 0 Å². The number of aliphatic carboxylic acids is 1. The molecule has 1 rings (SSSR count). The van der Waals surface area contributed by atoms with Crippen LogP contribution in [0, 0.1) is 5.92 Å². The second-order valence-electron chi connectivity index (χ2n) is 7.05. The van der Waals surface area contributed by atoms with Crippen molar-refractivity contribution in [2.75, 3.05) is 19.8 Å². The first-order valence-corrected chi connectivity index (χ1v) is 10.6. The molecule has 12 nitrogen and oxygen atoms in total. The zero-order valence-corrected chi connectivity index (χ0v) is 19.0. The van der Waals surface area contributed by atoms with Gasteiger partial charge in [-0.25, -0.2) is 9.59 Å². The first-order valence-electron chi connectivity index (χ1n) is 10.6. The molecule has 0 saturated heterocycles. The summed E-state index contributed by atoms with van der Waals surface area (Å²) in [4.78, 5) is 59.8. The lowest BCUT2D eigenvalue weighted by Gasteiger charge is -2.23. The molecule has 0 aromatic heterocycles. The Morgan fingerprint density at radius 3 is 2.18 bits per heavy atom. The lowest BCUT2D eigenvalue weighted by molar-refractivity contribution is -0.160. The van der Waals surface area contributed by atoms with Crippen LogP contribution in [0.15, 0.2) is 30.3 Å². The van der Waals surface area contributed by atoms with Crippen LogP contribution < -0.4 is 10.6 Å². The number of carboxylic acid groups (broad SMARTS) is 1. The van der Waals surface area contributed by atoms with Crippen molar-refractivity contribution >= 4 is 29.9 Å². The number of rotatable bonds is 14. The van der Waals surface area contributed by atoms with Crippen molar-refractivity contribution in [2.45, 2.75) is 45.4 Å². The third-order valence-electron chi connectivity index (χ3n) is 4.38. The normalized spacial score (nSPS) is 13.0. The average Bonchev–Trinajstić information content (AvgIpc) is 2.79. The molecule has 34 heavy (non-hydrogen) atoms. The molecular formula is C22H30N2O10. The van der Waals surface area contributed by atoms with Gasteiger partial charge in [-0.1, -0.05) is 30.3 Å². The number of carboxylic acids is 1. The number of aliphatic hydroxyl groups excluding tert-OH is 1. The molecule has 2 amide bonds. The lowest BCUT2D eigenvalue weighted by Crippen LogP contribution is -2.50. The van der Waals surface area contributed by atoms with E-state index in [0.29, 0.717) is 0 Å². The van der Waals surface area contributed by atoms with E-state index in [0.717, 1.165) is 5.56 Å². The molecule has 0 radical (unpaired) electrons. The van der Waals surface area contributed by atoms with Crippen LogP contribution in [-0.2, 0) is 40.0 Å². The van der Waals surface area contributed by atoms with Crippen molar-refractivity contribution in [2.24, 2.45) is 5.92 Å². The number of hydrogen-bond acceptors (Lipinski definition) is 9. The Morgan fingerprint density at radius 2 is 1.59 bits per heavy atom. The second-order valence-corrected chi connectivity index (χ2v) is 7.05. The number of ether oxygens (including phenoxy) is 3. The minimum atomic E-state index is -1.80. The first-order chi connectivity index (χ1) is 16.2. The van der Waals surface area contributed by atoms with Crippen molar-refractivity contribution in [3.63, 3.8) is 0 Å². The number of amides is 2. The molecule has 1 aromatic carbocycles. The maximum atomic E-state index is 12.3. The zero-order valence-electron chi connectivity index (χ0n) is 19.0. The van der Waals surface area contributed by atoms with Gasteiger partial charge < -0.3 is 35.1 Å². The minimum absolute atomic E-state index is 0.0132. The molecule has 12 heteroatoms. The summed E-state index contributed by atoms with van der Waals surface area (Å²) in [6.07, 6.45) is -3.40. The van der Waals surface area contributed by atoms with Crippen molar-refractivity contribution in [1.29, 1.82) is 0 Å². The van der Waals surface area contributed by atoms with Gasteiger partial charge in [0.2, 0.25) is 5.91 Å². The zero-order chi connectivity index (χ0) is 25.5. The number of aliphatic hydroxyl groups is 1. The van der Waals surface area contributed by atoms with E-state index in [1.165, 1.54) is 6.92 Å². The van der Waals surface area contributed by atoms with E-state index in [4.69, 9.17) is 14.2 Å². The molecule has 3 atom stereocenters. The van der Waals surface area contributed by atoms with Crippen molar-refractivity contribution < 1.29 is 48.4 Å². The Kier molecular flexibility index (Phi) is 12.7. The van der Waals surface area contributed by atoms with Gasteiger partial charge in [0, 0.05) is 6.54 Å². The largest absolute Gasteiger partial charge is 0.480 e. The fourth-order valence-corrected chi connectivity index (χ4v) is 2.81. The Morgan fingerprint density at radius 1 is 0.941 bits per heavy atom. The van der Waals surface area contributed by atoms with Gasteiger partial charge in [-0.3, -0.25) is 14.4 Å². The van der Waals surface area contributed by atoms with Crippen molar-refractivity contribution in [1.82, 2.24) is 10.6 Å². The quantitative estimate of drug-likeness (QED) is 0.214. The molecule has 0 fully saturated rings. The lowest BCUT2D eigenvalue weighted by atomic mass is 9.95. The fourth-order valence-electron chi connectivity index (χ4n) is 2.81. The van der Waals surface area contributed by atoms with Crippen LogP contribution >= 0.6 is 0 Å². The number of alkyl carbamates (subject to hydrolysis) is 1. The molecule has 188 valence electrons. The van der Waals surface area contributed by atoms with Crippen molar-refractivity contribution in [3.05, 3.63) is 35.9 Å². The third kappa shape index (κ3) is 10.8. The van der Waals surface area contributed by atoms with E-state index in [-0.39, 0.29) is 26.4 Å². The maximum absolute atomic E-state index is 12.3. The number of carbonyl (C=O) groups excluding carboxylic acids is 4. The van der Waals surface area contributed by atoms with E-state index in [9.17, 15) is 34.2 Å². The summed E-state index contributed by atoms with van der Waals surface area (Å²) in [5.74, 6) is -5.86. The van der Waals surface area contributed by atoms with Crippen LogP contribution in [0.3, 0.4) is 0 Å². The van der Waals surface area contributed by atoms with Gasteiger partial charge >= 0.3 is 24.0 Å². The molecule has 4 N–H and O–H groups in total. The average molecular weight is 482 g/mol. The monoisotopic (exact) mass is 482 g/mol. The number of carbonyl (C=O) groups is 5. The molecular weight excluding hydrogens is 452 g/mol. The number of esters is 2. The highest BCUT2D eigenvalue weighted by Crippen LogP contribution is 2.14. The second kappa shape index (κ2) is 15.2. The van der Waals surface area contributed by atoms with E-state index in [1.807, 2.05) is 6.07 Å². The van der Waals surface area contributed by atoms with E-state index in [1.54, 1.807) is 31.2 Å². The fraction of sp³-hybridized carbons (Fsp3) is 0.500. The van der Waals surface area contributed by atoms with Gasteiger partial charge in [0.1, 0.15) is 12.6 Å². The highest BCUT2D eigenvalue weighted by atomic mass is 16.6. The van der Waals surface area contributed by atoms with E-state index < -0.39 is 60.8 Å². The van der Waals surface area contributed by atoms with Gasteiger partial charge in [0.05, 0.1) is 38.1 Å². The summed E-state index contributed by atoms with van der Waals surface area (Å²) in [6.45, 7) is 2.67. The van der Waals surface area contributed by atoms with Crippen LogP contribution in [0.1, 0.15) is 32.3 Å². The van der Waals surface area contributed by atoms with Crippen LogP contribution in [0.25, 0.3) is 0 Å². The molecule has 0 unspecified atom stereocenters. The first kappa shape index (κ1) is 28.4. The Balaban J connectivity index is 2.62. The number of nitrogens with one attached hydrogen (secondary N) is 2. The van der Waals surface area contributed by atoms with E-state index >= 15 is 0 Å². The van der Waals surface area contributed by atoms with Crippen LogP contribution in [0.5, 0.6) is 0 Å². The molecule has 0 heterocycles. The standard InChI is InChI=1S/C22H30N2O10/c1-3-32-18(27)11-16(21(30)33-4-2)19(20(28)29)24-17(26)10-15(25)12-23-22(31)34-13-14-8-6-5-7-9-14/h5-9,15-16,19,25H,3-4,10-13H2,1-2H3,(H,23,31)(H,24,26)(H,28,29)/t15-,16+,19+/m1/s1. The predicted octanol–water partition coefficient (Wildman–Crippen LogP) is 0.366. The molecule has 0 spiro atoms. The maximum Gasteiger partial charge on any atom is 0.407 e. The molecule has 0 aliphatic heterocycles.